The molecule has 0 aliphatic carbocycles. The van der Waals surface area contributed by atoms with Crippen molar-refractivity contribution in [1.82, 2.24) is 10.6 Å². The van der Waals surface area contributed by atoms with Gasteiger partial charge in [0, 0.05) is 6.54 Å². The van der Waals surface area contributed by atoms with Crippen LogP contribution >= 0.6 is 0 Å². The summed E-state index contributed by atoms with van der Waals surface area (Å²) in [7, 11) is 0. The van der Waals surface area contributed by atoms with Crippen LogP contribution in [0.2, 0.25) is 0 Å². The molecular weight excluding hydrogens is 208 g/mol. The molecule has 0 spiro atoms. The van der Waals surface area contributed by atoms with Gasteiger partial charge in [-0.05, 0) is 25.8 Å². The van der Waals surface area contributed by atoms with E-state index in [0.29, 0.717) is 13.0 Å². The summed E-state index contributed by atoms with van der Waals surface area (Å²) in [5.74, 6) is -1.10. The predicted molar refractivity (Wildman–Crippen MR) is 60.1 cm³/mol. The summed E-state index contributed by atoms with van der Waals surface area (Å²) in [5.41, 5.74) is -0.414. The van der Waals surface area contributed by atoms with Crippen molar-refractivity contribution >= 4 is 11.9 Å². The molecule has 16 heavy (non-hydrogen) atoms. The zero-order chi connectivity index (χ0) is 12.2. The minimum absolute atomic E-state index is 0.130. The Bertz CT molecular complexity index is 272. The SMILES string of the molecule is CC[C@H](NC(=O)C1(CC)CCNC1)C(=O)O. The smallest absolute Gasteiger partial charge is 0.326 e. The highest BCUT2D eigenvalue weighted by Gasteiger charge is 2.40. The Hall–Kier alpha value is -1.10. The van der Waals surface area contributed by atoms with Crippen LogP contribution in [0.1, 0.15) is 33.1 Å². The number of aliphatic carboxylic acids is 1. The Balaban J connectivity index is 2.65. The van der Waals surface area contributed by atoms with Gasteiger partial charge in [0.15, 0.2) is 0 Å². The zero-order valence-electron chi connectivity index (χ0n) is 9.88. The number of carboxylic acid groups (broad SMARTS) is 1. The molecule has 92 valence electrons. The molecule has 0 bridgehead atoms. The van der Waals surface area contributed by atoms with Crippen LogP contribution in [0.25, 0.3) is 0 Å². The number of carbonyl (C=O) groups excluding carboxylic acids is 1. The first-order valence-electron chi connectivity index (χ1n) is 5.80. The van der Waals surface area contributed by atoms with Crippen molar-refractivity contribution in [3.05, 3.63) is 0 Å². The molecule has 0 aromatic carbocycles. The lowest BCUT2D eigenvalue weighted by Crippen LogP contribution is -2.49. The first kappa shape index (κ1) is 13.0. The van der Waals surface area contributed by atoms with Crippen LogP contribution in [0.3, 0.4) is 0 Å². The second kappa shape index (κ2) is 5.30. The first-order chi connectivity index (χ1) is 7.55. The molecule has 5 nitrogen and oxygen atoms in total. The van der Waals surface area contributed by atoms with Gasteiger partial charge in [0.25, 0.3) is 0 Å². The molecule has 1 amide bonds. The van der Waals surface area contributed by atoms with Gasteiger partial charge in [-0.3, -0.25) is 4.79 Å². The highest BCUT2D eigenvalue weighted by Crippen LogP contribution is 2.29. The molecular formula is C11H20N2O3. The Labute approximate surface area is 95.6 Å². The topological polar surface area (TPSA) is 78.4 Å². The van der Waals surface area contributed by atoms with Crippen molar-refractivity contribution < 1.29 is 14.7 Å². The Morgan fingerprint density at radius 1 is 1.50 bits per heavy atom. The van der Waals surface area contributed by atoms with Crippen LogP contribution in [-0.4, -0.2) is 36.1 Å². The molecule has 0 aromatic heterocycles. The fourth-order valence-electron chi connectivity index (χ4n) is 2.05. The minimum atomic E-state index is -0.965. The highest BCUT2D eigenvalue weighted by molar-refractivity contribution is 5.87. The molecule has 2 atom stereocenters. The van der Waals surface area contributed by atoms with Crippen LogP contribution in [0.4, 0.5) is 0 Å². The zero-order valence-corrected chi connectivity index (χ0v) is 9.88. The van der Waals surface area contributed by atoms with Gasteiger partial charge in [-0.1, -0.05) is 13.8 Å². The summed E-state index contributed by atoms with van der Waals surface area (Å²) in [5, 5.41) is 14.7. The monoisotopic (exact) mass is 228 g/mol. The standard InChI is InChI=1S/C11H20N2O3/c1-3-8(9(14)15)13-10(16)11(4-2)5-6-12-7-11/h8,12H,3-7H2,1-2H3,(H,13,16)(H,14,15)/t8-,11?/m0/s1. The maximum atomic E-state index is 12.1. The van der Waals surface area contributed by atoms with E-state index in [9.17, 15) is 9.59 Å². The first-order valence-corrected chi connectivity index (χ1v) is 5.80. The Morgan fingerprint density at radius 2 is 2.19 bits per heavy atom. The van der Waals surface area contributed by atoms with Crippen molar-refractivity contribution in [3.63, 3.8) is 0 Å². The summed E-state index contributed by atoms with van der Waals surface area (Å²) in [4.78, 5) is 22.9. The number of amides is 1. The molecule has 3 N–H and O–H groups in total. The molecule has 1 aliphatic rings. The summed E-state index contributed by atoms with van der Waals surface area (Å²) < 4.78 is 0. The molecule has 1 saturated heterocycles. The van der Waals surface area contributed by atoms with Gasteiger partial charge in [-0.25, -0.2) is 4.79 Å². The molecule has 1 fully saturated rings. The normalized spacial score (nSPS) is 26.4. The number of rotatable bonds is 5. The lowest BCUT2D eigenvalue weighted by atomic mass is 9.83. The maximum Gasteiger partial charge on any atom is 0.326 e. The van der Waals surface area contributed by atoms with Crippen molar-refractivity contribution in [2.45, 2.75) is 39.2 Å². The lowest BCUT2D eigenvalue weighted by Gasteiger charge is -2.27. The van der Waals surface area contributed by atoms with Gasteiger partial charge in [-0.2, -0.15) is 0 Å². The largest absolute Gasteiger partial charge is 0.480 e. The van der Waals surface area contributed by atoms with Gasteiger partial charge in [0.05, 0.1) is 5.41 Å². The number of hydrogen-bond acceptors (Lipinski definition) is 3. The van der Waals surface area contributed by atoms with E-state index in [1.54, 1.807) is 6.92 Å². The van der Waals surface area contributed by atoms with E-state index < -0.39 is 17.4 Å². The van der Waals surface area contributed by atoms with E-state index in [0.717, 1.165) is 19.4 Å². The maximum absolute atomic E-state index is 12.1. The lowest BCUT2D eigenvalue weighted by molar-refractivity contribution is -0.143. The third kappa shape index (κ3) is 2.52. The quantitative estimate of drug-likeness (QED) is 0.634. The Kier molecular flexibility index (Phi) is 4.29. The number of hydrogen-bond donors (Lipinski definition) is 3. The number of carbonyl (C=O) groups is 2. The second-order valence-electron chi connectivity index (χ2n) is 4.33. The van der Waals surface area contributed by atoms with Crippen molar-refractivity contribution in [2.24, 2.45) is 5.41 Å². The predicted octanol–water partition coefficient (Wildman–Crippen LogP) is 0.355. The summed E-state index contributed by atoms with van der Waals surface area (Å²) >= 11 is 0. The number of carboxylic acids is 1. The fourth-order valence-corrected chi connectivity index (χ4v) is 2.05. The second-order valence-corrected chi connectivity index (χ2v) is 4.33. The van der Waals surface area contributed by atoms with Crippen LogP contribution in [0.5, 0.6) is 0 Å². The molecule has 1 aliphatic heterocycles. The highest BCUT2D eigenvalue weighted by atomic mass is 16.4. The summed E-state index contributed by atoms with van der Waals surface area (Å²) in [6.07, 6.45) is 1.93. The molecule has 0 saturated carbocycles. The van der Waals surface area contributed by atoms with Gasteiger partial charge in [0.2, 0.25) is 5.91 Å². The third-order valence-electron chi connectivity index (χ3n) is 3.41. The molecule has 1 heterocycles. The molecule has 0 radical (unpaired) electrons. The van der Waals surface area contributed by atoms with Crippen LogP contribution in [0.15, 0.2) is 0 Å². The van der Waals surface area contributed by atoms with Gasteiger partial charge in [-0.15, -0.1) is 0 Å². The van der Waals surface area contributed by atoms with Crippen molar-refractivity contribution in [1.29, 1.82) is 0 Å². The van der Waals surface area contributed by atoms with Gasteiger partial charge in [0.1, 0.15) is 6.04 Å². The number of nitrogens with one attached hydrogen (secondary N) is 2. The van der Waals surface area contributed by atoms with E-state index in [1.807, 2.05) is 6.92 Å². The van der Waals surface area contributed by atoms with Crippen molar-refractivity contribution in [2.75, 3.05) is 13.1 Å². The van der Waals surface area contributed by atoms with Crippen molar-refractivity contribution in [3.8, 4) is 0 Å². The average Bonchev–Trinajstić information content (AvgIpc) is 2.74. The van der Waals surface area contributed by atoms with Gasteiger partial charge >= 0.3 is 5.97 Å². The average molecular weight is 228 g/mol. The molecule has 5 heteroatoms. The summed E-state index contributed by atoms with van der Waals surface area (Å²) in [6.45, 7) is 5.19. The third-order valence-corrected chi connectivity index (χ3v) is 3.41. The Morgan fingerprint density at radius 3 is 2.56 bits per heavy atom. The van der Waals surface area contributed by atoms with E-state index in [4.69, 9.17) is 5.11 Å². The van der Waals surface area contributed by atoms with E-state index in [2.05, 4.69) is 10.6 Å². The molecule has 1 rings (SSSR count). The van der Waals surface area contributed by atoms with E-state index in [1.165, 1.54) is 0 Å². The molecule has 0 aromatic rings. The van der Waals surface area contributed by atoms with E-state index in [-0.39, 0.29) is 5.91 Å². The fraction of sp³-hybridized carbons (Fsp3) is 0.818. The summed E-state index contributed by atoms with van der Waals surface area (Å²) in [6, 6.07) is -0.767. The van der Waals surface area contributed by atoms with E-state index >= 15 is 0 Å². The van der Waals surface area contributed by atoms with Crippen LogP contribution in [-0.2, 0) is 9.59 Å². The van der Waals surface area contributed by atoms with Gasteiger partial charge < -0.3 is 15.7 Å². The minimum Gasteiger partial charge on any atom is -0.480 e. The molecule has 1 unspecified atom stereocenters. The van der Waals surface area contributed by atoms with Crippen LogP contribution in [0, 0.1) is 5.41 Å². The van der Waals surface area contributed by atoms with Crippen LogP contribution < -0.4 is 10.6 Å².